The Morgan fingerprint density at radius 1 is 1.00 bits per heavy atom. The number of nitrogens with two attached hydrogens (primary N) is 1. The van der Waals surface area contributed by atoms with E-state index in [2.05, 4.69) is 5.32 Å². The average molecular weight is 327 g/mol. The van der Waals surface area contributed by atoms with E-state index in [-0.39, 0.29) is 25.2 Å². The first-order valence-corrected chi connectivity index (χ1v) is 8.08. The number of unbranched alkanes of at least 4 members (excludes halogenated alkanes) is 3. The highest BCUT2D eigenvalue weighted by molar-refractivity contribution is 6.01. The van der Waals surface area contributed by atoms with Gasteiger partial charge in [-0.25, -0.2) is 4.79 Å². The number of hydrogen-bond acceptors (Lipinski definition) is 6. The molecular formula is C15H25N3O5. The van der Waals surface area contributed by atoms with Crippen molar-refractivity contribution in [3.63, 3.8) is 0 Å². The van der Waals surface area contributed by atoms with E-state index in [9.17, 15) is 19.2 Å². The zero-order valence-electron chi connectivity index (χ0n) is 13.3. The second-order valence-electron chi connectivity index (χ2n) is 5.45. The lowest BCUT2D eigenvalue weighted by Crippen LogP contribution is -2.31. The Morgan fingerprint density at radius 3 is 2.22 bits per heavy atom. The molecule has 8 heteroatoms. The standard InChI is InChI=1S/C15H25N3O5/c16-10-5-11-17-12(19)6-3-1-2-4-7-15(22)23-18-13(20)8-9-14(18)21/h1-11,16H2,(H,17,19). The minimum Gasteiger partial charge on any atom is -0.356 e. The molecule has 1 heterocycles. The van der Waals surface area contributed by atoms with Crippen LogP contribution in [-0.4, -0.2) is 41.8 Å². The first kappa shape index (κ1) is 19.1. The van der Waals surface area contributed by atoms with Gasteiger partial charge in [0.05, 0.1) is 0 Å². The van der Waals surface area contributed by atoms with Gasteiger partial charge in [0.25, 0.3) is 11.8 Å². The maximum absolute atomic E-state index is 11.5. The molecule has 0 unspecified atom stereocenters. The van der Waals surface area contributed by atoms with Crippen LogP contribution in [0.3, 0.4) is 0 Å². The minimum atomic E-state index is -0.576. The van der Waals surface area contributed by atoms with Gasteiger partial charge >= 0.3 is 5.97 Å². The van der Waals surface area contributed by atoms with Crippen LogP contribution >= 0.6 is 0 Å². The fraction of sp³-hybridized carbons (Fsp3) is 0.733. The second kappa shape index (κ2) is 10.7. The van der Waals surface area contributed by atoms with E-state index >= 15 is 0 Å². The Balaban J connectivity index is 2.00. The van der Waals surface area contributed by atoms with Gasteiger partial charge in [-0.15, -0.1) is 5.06 Å². The van der Waals surface area contributed by atoms with E-state index in [0.29, 0.717) is 31.0 Å². The number of imide groups is 1. The molecule has 0 spiro atoms. The highest BCUT2D eigenvalue weighted by atomic mass is 16.7. The summed E-state index contributed by atoms with van der Waals surface area (Å²) in [7, 11) is 0. The number of amides is 3. The molecule has 1 saturated heterocycles. The Kier molecular flexibility index (Phi) is 8.89. The van der Waals surface area contributed by atoms with Crippen LogP contribution in [0, 0.1) is 0 Å². The van der Waals surface area contributed by atoms with Crippen LogP contribution < -0.4 is 11.1 Å². The molecule has 0 atom stereocenters. The van der Waals surface area contributed by atoms with Gasteiger partial charge in [0.1, 0.15) is 0 Å². The number of nitrogens with zero attached hydrogens (tertiary/aromatic N) is 1. The zero-order chi connectivity index (χ0) is 17.1. The summed E-state index contributed by atoms with van der Waals surface area (Å²) in [5.74, 6) is -1.50. The Labute approximate surface area is 135 Å². The Morgan fingerprint density at radius 2 is 1.61 bits per heavy atom. The summed E-state index contributed by atoms with van der Waals surface area (Å²) in [5, 5.41) is 3.34. The molecule has 3 N–H and O–H groups in total. The van der Waals surface area contributed by atoms with Gasteiger partial charge in [-0.05, 0) is 25.8 Å². The van der Waals surface area contributed by atoms with Gasteiger partial charge in [-0.1, -0.05) is 12.8 Å². The lowest BCUT2D eigenvalue weighted by Gasteiger charge is -2.12. The molecule has 130 valence electrons. The van der Waals surface area contributed by atoms with Crippen LogP contribution in [0.1, 0.15) is 57.8 Å². The molecule has 0 aromatic heterocycles. The second-order valence-corrected chi connectivity index (χ2v) is 5.45. The topological polar surface area (TPSA) is 119 Å². The van der Waals surface area contributed by atoms with Gasteiger partial charge < -0.3 is 15.9 Å². The smallest absolute Gasteiger partial charge is 0.333 e. The third-order valence-corrected chi connectivity index (χ3v) is 3.44. The highest BCUT2D eigenvalue weighted by Crippen LogP contribution is 2.13. The molecule has 1 rings (SSSR count). The number of nitrogens with one attached hydrogen (secondary N) is 1. The van der Waals surface area contributed by atoms with Crippen LogP contribution in [0.25, 0.3) is 0 Å². The van der Waals surface area contributed by atoms with Crippen molar-refractivity contribution >= 4 is 23.7 Å². The molecule has 3 amide bonds. The Bertz CT molecular complexity index is 423. The first-order valence-electron chi connectivity index (χ1n) is 8.08. The molecule has 1 aliphatic heterocycles. The average Bonchev–Trinajstić information content (AvgIpc) is 2.83. The monoisotopic (exact) mass is 327 g/mol. The SMILES string of the molecule is NCCCNC(=O)CCCCCCC(=O)ON1C(=O)CCC1=O. The van der Waals surface area contributed by atoms with Crippen LogP contribution in [0.2, 0.25) is 0 Å². The molecule has 0 radical (unpaired) electrons. The molecule has 23 heavy (non-hydrogen) atoms. The summed E-state index contributed by atoms with van der Waals surface area (Å²) in [4.78, 5) is 50.3. The predicted octanol–water partition coefficient (Wildman–Crippen LogP) is 0.399. The van der Waals surface area contributed by atoms with E-state index in [1.165, 1.54) is 0 Å². The molecular weight excluding hydrogens is 302 g/mol. The van der Waals surface area contributed by atoms with Crippen molar-refractivity contribution in [2.75, 3.05) is 13.1 Å². The zero-order valence-corrected chi connectivity index (χ0v) is 13.3. The Hall–Kier alpha value is -1.96. The van der Waals surface area contributed by atoms with Crippen molar-refractivity contribution in [1.29, 1.82) is 0 Å². The van der Waals surface area contributed by atoms with E-state index in [1.54, 1.807) is 0 Å². The molecule has 0 aliphatic carbocycles. The lowest BCUT2D eigenvalue weighted by molar-refractivity contribution is -0.197. The van der Waals surface area contributed by atoms with Crippen molar-refractivity contribution in [2.24, 2.45) is 5.73 Å². The summed E-state index contributed by atoms with van der Waals surface area (Å²) >= 11 is 0. The molecule has 1 fully saturated rings. The molecule has 0 aromatic rings. The number of hydroxylamine groups is 2. The van der Waals surface area contributed by atoms with Gasteiger partial charge in [-0.2, -0.15) is 0 Å². The van der Waals surface area contributed by atoms with E-state index < -0.39 is 17.8 Å². The van der Waals surface area contributed by atoms with Crippen molar-refractivity contribution in [3.05, 3.63) is 0 Å². The quantitative estimate of drug-likeness (QED) is 0.419. The number of carbonyl (C=O) groups is 4. The third-order valence-electron chi connectivity index (χ3n) is 3.44. The van der Waals surface area contributed by atoms with Gasteiger partial charge in [-0.3, -0.25) is 14.4 Å². The van der Waals surface area contributed by atoms with Crippen molar-refractivity contribution in [2.45, 2.75) is 57.8 Å². The van der Waals surface area contributed by atoms with Crippen molar-refractivity contribution in [3.8, 4) is 0 Å². The van der Waals surface area contributed by atoms with Gasteiger partial charge in [0, 0.05) is 32.2 Å². The fourth-order valence-electron chi connectivity index (χ4n) is 2.13. The van der Waals surface area contributed by atoms with Crippen molar-refractivity contribution in [1.82, 2.24) is 10.4 Å². The minimum absolute atomic E-state index is 0.0175. The fourth-order valence-corrected chi connectivity index (χ4v) is 2.13. The predicted molar refractivity (Wildman–Crippen MR) is 81.6 cm³/mol. The van der Waals surface area contributed by atoms with E-state index in [4.69, 9.17) is 10.6 Å². The molecule has 0 saturated carbocycles. The summed E-state index contributed by atoms with van der Waals surface area (Å²) in [6.45, 7) is 1.17. The molecule has 1 aliphatic rings. The lowest BCUT2D eigenvalue weighted by atomic mass is 10.1. The summed E-state index contributed by atoms with van der Waals surface area (Å²) in [6, 6.07) is 0. The van der Waals surface area contributed by atoms with Crippen LogP contribution in [-0.2, 0) is 24.0 Å². The number of hydrogen-bond donors (Lipinski definition) is 2. The third kappa shape index (κ3) is 7.73. The highest BCUT2D eigenvalue weighted by Gasteiger charge is 2.32. The maximum Gasteiger partial charge on any atom is 0.333 e. The molecule has 8 nitrogen and oxygen atoms in total. The molecule has 0 bridgehead atoms. The largest absolute Gasteiger partial charge is 0.356 e. The van der Waals surface area contributed by atoms with Crippen LogP contribution in [0.5, 0.6) is 0 Å². The summed E-state index contributed by atoms with van der Waals surface area (Å²) < 4.78 is 0. The normalized spacial score (nSPS) is 14.2. The van der Waals surface area contributed by atoms with Crippen molar-refractivity contribution < 1.29 is 24.0 Å². The summed E-state index contributed by atoms with van der Waals surface area (Å²) in [6.07, 6.45) is 4.56. The van der Waals surface area contributed by atoms with E-state index in [0.717, 1.165) is 25.7 Å². The van der Waals surface area contributed by atoms with Gasteiger partial charge in [0.2, 0.25) is 5.91 Å². The van der Waals surface area contributed by atoms with Crippen LogP contribution in [0.4, 0.5) is 0 Å². The maximum atomic E-state index is 11.5. The first-order chi connectivity index (χ1) is 11.0. The number of carbonyl (C=O) groups excluding carboxylic acids is 4. The van der Waals surface area contributed by atoms with E-state index in [1.807, 2.05) is 0 Å². The summed E-state index contributed by atoms with van der Waals surface area (Å²) in [5.41, 5.74) is 5.33. The van der Waals surface area contributed by atoms with Gasteiger partial charge in [0.15, 0.2) is 0 Å². The van der Waals surface area contributed by atoms with Crippen LogP contribution in [0.15, 0.2) is 0 Å². The number of rotatable bonds is 11. The molecule has 0 aromatic carbocycles.